The Morgan fingerprint density at radius 3 is 2.32 bits per heavy atom. The molecule has 5 nitrogen and oxygen atoms in total. The number of allylic oxidation sites excluding steroid dienone is 3. The second-order valence-corrected chi connectivity index (χ2v) is 10.1. The topological polar surface area (TPSA) is 75.6 Å². The van der Waals surface area contributed by atoms with Crippen molar-refractivity contribution in [3.05, 3.63) is 82.5 Å². The van der Waals surface area contributed by atoms with Crippen LogP contribution in [0.25, 0.3) is 0 Å². The largest absolute Gasteiger partial charge is 0.289 e. The van der Waals surface area contributed by atoms with E-state index in [0.29, 0.717) is 10.6 Å². The third kappa shape index (κ3) is 6.64. The van der Waals surface area contributed by atoms with Crippen molar-refractivity contribution in [1.82, 2.24) is 0 Å². The maximum absolute atomic E-state index is 12.9. The highest BCUT2D eigenvalue weighted by Crippen LogP contribution is 2.27. The van der Waals surface area contributed by atoms with Crippen LogP contribution in [0, 0.1) is 0 Å². The summed E-state index contributed by atoms with van der Waals surface area (Å²) in [7, 11) is -3.89. The van der Waals surface area contributed by atoms with Crippen LogP contribution in [0.2, 0.25) is 5.02 Å². The molecule has 0 amide bonds. The number of rotatable bonds is 7. The molecule has 7 heteroatoms. The van der Waals surface area contributed by atoms with Crippen LogP contribution in [-0.2, 0) is 15.4 Å². The van der Waals surface area contributed by atoms with E-state index in [2.05, 4.69) is 30.5 Å². The third-order valence-corrected chi connectivity index (χ3v) is 6.12. The van der Waals surface area contributed by atoms with Crippen molar-refractivity contribution in [2.75, 3.05) is 4.72 Å². The predicted octanol–water partition coefficient (Wildman–Crippen LogP) is 6.17. The van der Waals surface area contributed by atoms with Crippen LogP contribution in [0.3, 0.4) is 0 Å². The molecular formula is C24H27ClN2O3S. The molecule has 0 heterocycles. The van der Waals surface area contributed by atoms with Gasteiger partial charge in [0, 0.05) is 23.0 Å². The summed E-state index contributed by atoms with van der Waals surface area (Å²) in [4.78, 5) is 17.0. The van der Waals surface area contributed by atoms with Crippen molar-refractivity contribution in [3.8, 4) is 0 Å². The molecule has 0 unspecified atom stereocenters. The number of hydrogen-bond donors (Lipinski definition) is 1. The average Bonchev–Trinajstić information content (AvgIpc) is 2.71. The van der Waals surface area contributed by atoms with Crippen molar-refractivity contribution < 1.29 is 13.2 Å². The number of ketones is 1. The van der Waals surface area contributed by atoms with Crippen LogP contribution >= 0.6 is 11.6 Å². The lowest BCUT2D eigenvalue weighted by Crippen LogP contribution is -2.17. The molecule has 0 bridgehead atoms. The number of hydrogen-bond acceptors (Lipinski definition) is 4. The van der Waals surface area contributed by atoms with E-state index in [-0.39, 0.29) is 27.3 Å². The number of sulfonamides is 1. The molecule has 0 atom stereocenters. The van der Waals surface area contributed by atoms with E-state index in [1.165, 1.54) is 24.4 Å². The zero-order chi connectivity index (χ0) is 23.2. The van der Waals surface area contributed by atoms with Gasteiger partial charge in [0.1, 0.15) is 0 Å². The Morgan fingerprint density at radius 2 is 1.74 bits per heavy atom. The molecule has 0 aliphatic rings. The monoisotopic (exact) mass is 458 g/mol. The summed E-state index contributed by atoms with van der Waals surface area (Å²) in [5.41, 5.74) is 1.65. The fraction of sp³-hybridized carbons (Fsp3) is 0.250. The lowest BCUT2D eigenvalue weighted by Gasteiger charge is -2.19. The lowest BCUT2D eigenvalue weighted by atomic mass is 9.87. The van der Waals surface area contributed by atoms with Crippen LogP contribution in [0.1, 0.15) is 50.5 Å². The number of nitrogens with zero attached hydrogens (tertiary/aromatic N) is 1. The highest BCUT2D eigenvalue weighted by atomic mass is 35.5. The van der Waals surface area contributed by atoms with Crippen LogP contribution < -0.4 is 4.72 Å². The van der Waals surface area contributed by atoms with Crippen molar-refractivity contribution in [2.45, 2.75) is 44.9 Å². The van der Waals surface area contributed by atoms with Gasteiger partial charge in [0.2, 0.25) is 0 Å². The van der Waals surface area contributed by atoms with Gasteiger partial charge >= 0.3 is 0 Å². The fourth-order valence-corrected chi connectivity index (χ4v) is 3.96. The van der Waals surface area contributed by atoms with Crippen LogP contribution in [-0.4, -0.2) is 20.4 Å². The second-order valence-electron chi connectivity index (χ2n) is 8.03. The minimum absolute atomic E-state index is 0.0917. The molecule has 164 valence electrons. The molecular weight excluding hydrogens is 432 g/mol. The van der Waals surface area contributed by atoms with Gasteiger partial charge in [0.25, 0.3) is 10.0 Å². The number of nitrogens with one attached hydrogen (secondary N) is 1. The van der Waals surface area contributed by atoms with Gasteiger partial charge in [-0.2, -0.15) is 0 Å². The molecule has 0 saturated heterocycles. The van der Waals surface area contributed by atoms with Gasteiger partial charge in [-0.25, -0.2) is 8.42 Å². The predicted molar refractivity (Wildman–Crippen MR) is 129 cm³/mol. The number of benzene rings is 2. The van der Waals surface area contributed by atoms with Crippen molar-refractivity contribution in [3.63, 3.8) is 0 Å². The molecule has 0 spiro atoms. The highest BCUT2D eigenvalue weighted by Gasteiger charge is 2.21. The molecule has 2 rings (SSSR count). The average molecular weight is 459 g/mol. The van der Waals surface area contributed by atoms with Crippen molar-refractivity contribution >= 4 is 39.3 Å². The van der Waals surface area contributed by atoms with E-state index in [1.807, 2.05) is 6.92 Å². The van der Waals surface area contributed by atoms with Gasteiger partial charge in [-0.1, -0.05) is 50.6 Å². The summed E-state index contributed by atoms with van der Waals surface area (Å²) in [6.45, 7) is 9.63. The number of Topliss-reactive ketones (excluding diaryl/α,β-unsaturated/α-hetero) is 1. The highest BCUT2D eigenvalue weighted by molar-refractivity contribution is 7.92. The van der Waals surface area contributed by atoms with Gasteiger partial charge in [0.15, 0.2) is 5.78 Å². The standard InChI is InChI=1S/C24H27ClN2O3S/c1-6-14-26-15-13-17(2)23(28)21-16-19(25)9-12-22(21)27-31(29,30)20-10-7-18(8-11-20)24(3,4)5/h6-16,27H,1-5H3/b14-6+,17-13+,26-15+. The van der Waals surface area contributed by atoms with Crippen LogP contribution in [0.4, 0.5) is 5.69 Å². The lowest BCUT2D eigenvalue weighted by molar-refractivity contribution is 0.103. The molecule has 0 aromatic heterocycles. The zero-order valence-corrected chi connectivity index (χ0v) is 19.9. The van der Waals surface area contributed by atoms with E-state index in [0.717, 1.165) is 5.56 Å². The fourth-order valence-electron chi connectivity index (χ4n) is 2.71. The van der Waals surface area contributed by atoms with E-state index < -0.39 is 10.0 Å². The van der Waals surface area contributed by atoms with Crippen LogP contribution in [0.5, 0.6) is 0 Å². The summed E-state index contributed by atoms with van der Waals surface area (Å²) in [6.07, 6.45) is 6.42. The number of carbonyl (C=O) groups excluding carboxylic acids is 1. The molecule has 1 N–H and O–H groups in total. The summed E-state index contributed by atoms with van der Waals surface area (Å²) in [5.74, 6) is -0.352. The first-order chi connectivity index (χ1) is 14.5. The third-order valence-electron chi connectivity index (χ3n) is 4.51. The summed E-state index contributed by atoms with van der Waals surface area (Å²) < 4.78 is 28.4. The minimum Gasteiger partial charge on any atom is -0.289 e. The van der Waals surface area contributed by atoms with Gasteiger partial charge in [-0.05, 0) is 66.8 Å². The number of anilines is 1. The molecule has 0 fully saturated rings. The van der Waals surface area contributed by atoms with Gasteiger partial charge in [-0.3, -0.25) is 14.5 Å². The Balaban J connectivity index is 2.38. The first kappa shape index (κ1) is 24.6. The maximum atomic E-state index is 12.9. The summed E-state index contributed by atoms with van der Waals surface area (Å²) in [6, 6.07) is 11.2. The summed E-state index contributed by atoms with van der Waals surface area (Å²) >= 11 is 6.08. The molecule has 0 aliphatic carbocycles. The van der Waals surface area contributed by atoms with Crippen molar-refractivity contribution in [1.29, 1.82) is 0 Å². The zero-order valence-electron chi connectivity index (χ0n) is 18.3. The number of aliphatic imine (C=N–C) groups is 1. The molecule has 0 saturated carbocycles. The number of carbonyl (C=O) groups is 1. The van der Waals surface area contributed by atoms with E-state index in [9.17, 15) is 13.2 Å². The molecule has 0 aliphatic heterocycles. The molecule has 2 aromatic carbocycles. The quantitative estimate of drug-likeness (QED) is 0.306. The molecule has 2 aromatic rings. The Hall–Kier alpha value is -2.70. The van der Waals surface area contributed by atoms with Crippen molar-refractivity contribution in [2.24, 2.45) is 4.99 Å². The first-order valence-electron chi connectivity index (χ1n) is 9.74. The smallest absolute Gasteiger partial charge is 0.261 e. The maximum Gasteiger partial charge on any atom is 0.261 e. The van der Waals surface area contributed by atoms with Gasteiger partial charge in [0.05, 0.1) is 10.6 Å². The number of halogens is 1. The second kappa shape index (κ2) is 10.1. The Labute approximate surface area is 189 Å². The van der Waals surface area contributed by atoms with E-state index in [1.54, 1.807) is 49.5 Å². The van der Waals surface area contributed by atoms with E-state index >= 15 is 0 Å². The Morgan fingerprint density at radius 1 is 1.10 bits per heavy atom. The van der Waals surface area contributed by atoms with E-state index in [4.69, 9.17) is 11.6 Å². The summed E-state index contributed by atoms with van der Waals surface area (Å²) in [5, 5.41) is 0.330. The first-order valence-corrected chi connectivity index (χ1v) is 11.6. The Kier molecular flexibility index (Phi) is 7.98. The molecule has 31 heavy (non-hydrogen) atoms. The van der Waals surface area contributed by atoms with Gasteiger partial charge < -0.3 is 0 Å². The van der Waals surface area contributed by atoms with Gasteiger partial charge in [-0.15, -0.1) is 0 Å². The SMILES string of the molecule is C/C=C/N=C/C=C(\C)C(=O)c1cc(Cl)ccc1NS(=O)(=O)c1ccc(C(C)(C)C)cc1. The minimum atomic E-state index is -3.89. The normalized spacial score (nSPS) is 13.2. The van der Waals surface area contributed by atoms with Crippen LogP contribution in [0.15, 0.2) is 76.3 Å². The molecule has 0 radical (unpaired) electrons. The Bertz CT molecular complexity index is 1140.